The van der Waals surface area contributed by atoms with Crippen molar-refractivity contribution in [2.24, 2.45) is 23.2 Å². The number of ketones is 1. The largest absolute Gasteiger partial charge is 0.468 e. The molecule has 0 amide bonds. The van der Waals surface area contributed by atoms with Crippen LogP contribution in [0.2, 0.25) is 0 Å². The summed E-state index contributed by atoms with van der Waals surface area (Å²) in [7, 11) is 2.55. The zero-order valence-corrected chi connectivity index (χ0v) is 11.6. The van der Waals surface area contributed by atoms with Crippen LogP contribution in [-0.4, -0.2) is 31.9 Å². The van der Waals surface area contributed by atoms with E-state index in [9.17, 15) is 14.4 Å². The first-order chi connectivity index (χ1) is 8.98. The lowest BCUT2D eigenvalue weighted by Crippen LogP contribution is -2.53. The highest BCUT2D eigenvalue weighted by Gasteiger charge is 2.62. The molecule has 2 aliphatic carbocycles. The minimum Gasteiger partial charge on any atom is -0.468 e. The average molecular weight is 268 g/mol. The molecule has 0 heterocycles. The summed E-state index contributed by atoms with van der Waals surface area (Å²) in [6.07, 6.45) is 2.08. The number of fused-ring (bicyclic) bond motifs is 1. The van der Waals surface area contributed by atoms with E-state index in [1.807, 2.05) is 6.92 Å². The summed E-state index contributed by atoms with van der Waals surface area (Å²) >= 11 is 0. The molecule has 2 aliphatic rings. The van der Waals surface area contributed by atoms with Crippen LogP contribution in [0.5, 0.6) is 0 Å². The number of rotatable bonds is 2. The highest BCUT2D eigenvalue weighted by molar-refractivity contribution is 6.02. The summed E-state index contributed by atoms with van der Waals surface area (Å²) in [6.45, 7) is 2.01. The summed E-state index contributed by atoms with van der Waals surface area (Å²) in [5.74, 6) is -1.24. The first kappa shape index (κ1) is 14.0. The summed E-state index contributed by atoms with van der Waals surface area (Å²) in [6, 6.07) is 0. The summed E-state index contributed by atoms with van der Waals surface area (Å²) in [5.41, 5.74) is -1.28. The fraction of sp³-hybridized carbons (Fsp3) is 0.786. The topological polar surface area (TPSA) is 69.7 Å². The van der Waals surface area contributed by atoms with Gasteiger partial charge in [-0.3, -0.25) is 14.4 Å². The maximum atomic E-state index is 12.2. The molecule has 0 aromatic heterocycles. The van der Waals surface area contributed by atoms with Crippen LogP contribution in [0.4, 0.5) is 0 Å². The minimum absolute atomic E-state index is 0.161. The first-order valence-corrected chi connectivity index (χ1v) is 6.68. The van der Waals surface area contributed by atoms with Crippen molar-refractivity contribution in [1.29, 1.82) is 0 Å². The molecule has 0 spiro atoms. The summed E-state index contributed by atoms with van der Waals surface area (Å²) in [5, 5.41) is 0. The maximum Gasteiger partial charge on any atom is 0.323 e. The van der Waals surface area contributed by atoms with Crippen molar-refractivity contribution in [3.05, 3.63) is 0 Å². The monoisotopic (exact) mass is 268 g/mol. The average Bonchev–Trinajstić information content (AvgIpc) is 2.81. The fourth-order valence-corrected chi connectivity index (χ4v) is 3.91. The molecule has 5 nitrogen and oxygen atoms in total. The Bertz CT molecular complexity index is 398. The van der Waals surface area contributed by atoms with Gasteiger partial charge < -0.3 is 9.47 Å². The molecule has 3 atom stereocenters. The third kappa shape index (κ3) is 1.86. The Labute approximate surface area is 112 Å². The second-order valence-electron chi connectivity index (χ2n) is 5.61. The van der Waals surface area contributed by atoms with Crippen molar-refractivity contribution in [2.75, 3.05) is 14.2 Å². The maximum absolute atomic E-state index is 12.2. The van der Waals surface area contributed by atoms with E-state index < -0.39 is 17.4 Å². The van der Waals surface area contributed by atoms with Gasteiger partial charge in [-0.05, 0) is 31.1 Å². The molecule has 19 heavy (non-hydrogen) atoms. The van der Waals surface area contributed by atoms with Crippen molar-refractivity contribution >= 4 is 17.7 Å². The lowest BCUT2D eigenvalue weighted by Gasteiger charge is -2.43. The first-order valence-electron chi connectivity index (χ1n) is 6.68. The third-order valence-corrected chi connectivity index (χ3v) is 4.85. The van der Waals surface area contributed by atoms with E-state index in [1.54, 1.807) is 0 Å². The molecule has 0 aromatic carbocycles. The van der Waals surface area contributed by atoms with Gasteiger partial charge in [-0.15, -0.1) is 0 Å². The minimum atomic E-state index is -1.28. The van der Waals surface area contributed by atoms with Gasteiger partial charge in [-0.25, -0.2) is 0 Å². The molecule has 106 valence electrons. The second kappa shape index (κ2) is 4.94. The molecule has 2 rings (SSSR count). The Morgan fingerprint density at radius 1 is 1.16 bits per heavy atom. The Kier molecular flexibility index (Phi) is 3.65. The normalized spacial score (nSPS) is 32.6. The zero-order valence-electron chi connectivity index (χ0n) is 11.6. The van der Waals surface area contributed by atoms with Gasteiger partial charge in [0.15, 0.2) is 5.41 Å². The summed E-state index contributed by atoms with van der Waals surface area (Å²) in [4.78, 5) is 36.4. The van der Waals surface area contributed by atoms with Gasteiger partial charge in [0.05, 0.1) is 14.2 Å². The molecule has 2 saturated carbocycles. The smallest absolute Gasteiger partial charge is 0.323 e. The number of carbonyl (C=O) groups excluding carboxylic acids is 3. The SMILES string of the molecule is COC(=O)C1(C(=O)OC)CC[C@@H](C)[C@@H]2C(=O)CC[C@@H]21. The van der Waals surface area contributed by atoms with Gasteiger partial charge in [0.2, 0.25) is 0 Å². The molecule has 0 bridgehead atoms. The number of ether oxygens (including phenoxy) is 2. The molecular formula is C14H20O5. The molecule has 2 fully saturated rings. The lowest BCUT2D eigenvalue weighted by atomic mass is 9.59. The number of methoxy groups -OCH3 is 2. The van der Waals surface area contributed by atoms with Crippen LogP contribution in [0.1, 0.15) is 32.6 Å². The van der Waals surface area contributed by atoms with Crippen LogP contribution in [0.15, 0.2) is 0 Å². The Morgan fingerprint density at radius 2 is 1.74 bits per heavy atom. The van der Waals surface area contributed by atoms with Crippen molar-refractivity contribution in [2.45, 2.75) is 32.6 Å². The predicted molar refractivity (Wildman–Crippen MR) is 66.1 cm³/mol. The third-order valence-electron chi connectivity index (χ3n) is 4.85. The van der Waals surface area contributed by atoms with E-state index >= 15 is 0 Å². The van der Waals surface area contributed by atoms with E-state index in [0.717, 1.165) is 0 Å². The van der Waals surface area contributed by atoms with Crippen molar-refractivity contribution in [3.8, 4) is 0 Å². The summed E-state index contributed by atoms with van der Waals surface area (Å²) < 4.78 is 9.69. The number of carbonyl (C=O) groups is 3. The van der Waals surface area contributed by atoms with E-state index in [1.165, 1.54) is 14.2 Å². The van der Waals surface area contributed by atoms with E-state index in [2.05, 4.69) is 0 Å². The van der Waals surface area contributed by atoms with Crippen molar-refractivity contribution < 1.29 is 23.9 Å². The van der Waals surface area contributed by atoms with Crippen LogP contribution in [0.25, 0.3) is 0 Å². The molecule has 5 heteroatoms. The lowest BCUT2D eigenvalue weighted by molar-refractivity contribution is -0.180. The van der Waals surface area contributed by atoms with Crippen LogP contribution < -0.4 is 0 Å². The highest BCUT2D eigenvalue weighted by atomic mass is 16.5. The van der Waals surface area contributed by atoms with Gasteiger partial charge in [-0.2, -0.15) is 0 Å². The molecule has 0 aromatic rings. The molecule has 0 N–H and O–H groups in total. The number of esters is 2. The van der Waals surface area contributed by atoms with Gasteiger partial charge in [0.1, 0.15) is 5.78 Å². The van der Waals surface area contributed by atoms with E-state index in [4.69, 9.17) is 9.47 Å². The van der Waals surface area contributed by atoms with Crippen LogP contribution in [0, 0.1) is 23.2 Å². The van der Waals surface area contributed by atoms with Gasteiger partial charge in [-0.1, -0.05) is 6.92 Å². The Balaban J connectivity index is 2.46. The number of hydrogen-bond donors (Lipinski definition) is 0. The van der Waals surface area contributed by atoms with Crippen LogP contribution in [0.3, 0.4) is 0 Å². The van der Waals surface area contributed by atoms with E-state index in [0.29, 0.717) is 25.7 Å². The fourth-order valence-electron chi connectivity index (χ4n) is 3.91. The van der Waals surface area contributed by atoms with Crippen molar-refractivity contribution in [3.63, 3.8) is 0 Å². The Hall–Kier alpha value is -1.39. The predicted octanol–water partition coefficient (Wildman–Crippen LogP) is 1.34. The zero-order chi connectivity index (χ0) is 14.2. The molecule has 0 saturated heterocycles. The van der Waals surface area contributed by atoms with Gasteiger partial charge >= 0.3 is 11.9 Å². The molecule has 0 radical (unpaired) electrons. The molecule has 0 aliphatic heterocycles. The highest BCUT2D eigenvalue weighted by Crippen LogP contribution is 2.54. The second-order valence-corrected chi connectivity index (χ2v) is 5.61. The van der Waals surface area contributed by atoms with Crippen LogP contribution >= 0.6 is 0 Å². The standard InChI is InChI=1S/C14H20O5/c1-8-6-7-14(12(16)18-2,13(17)19-3)9-4-5-10(15)11(8)9/h8-9,11H,4-7H2,1-3H3/t8-,9+,11+/m1/s1. The van der Waals surface area contributed by atoms with Gasteiger partial charge in [0.25, 0.3) is 0 Å². The Morgan fingerprint density at radius 3 is 2.26 bits per heavy atom. The van der Waals surface area contributed by atoms with E-state index in [-0.39, 0.29) is 23.5 Å². The van der Waals surface area contributed by atoms with Crippen molar-refractivity contribution in [1.82, 2.24) is 0 Å². The van der Waals surface area contributed by atoms with Crippen LogP contribution in [-0.2, 0) is 23.9 Å². The number of hydrogen-bond acceptors (Lipinski definition) is 5. The number of Topliss-reactive ketones (excluding diaryl/α,β-unsaturated/α-hetero) is 1. The quantitative estimate of drug-likeness (QED) is 0.558. The van der Waals surface area contributed by atoms with Gasteiger partial charge in [0, 0.05) is 12.3 Å². The molecule has 0 unspecified atom stereocenters. The molecular weight excluding hydrogens is 248 g/mol.